The van der Waals surface area contributed by atoms with Crippen molar-refractivity contribution in [2.75, 3.05) is 13.2 Å². The largest absolute Gasteiger partial charge is 0.394 e. The van der Waals surface area contributed by atoms with Gasteiger partial charge < -0.3 is 10.4 Å². The van der Waals surface area contributed by atoms with Crippen LogP contribution in [-0.4, -0.2) is 38.6 Å². The minimum atomic E-state index is -3.68. The Morgan fingerprint density at radius 2 is 1.95 bits per heavy atom. The van der Waals surface area contributed by atoms with Gasteiger partial charge in [-0.05, 0) is 18.6 Å². The van der Waals surface area contributed by atoms with E-state index in [1.54, 1.807) is 18.2 Å². The average molecular weight is 286 g/mol. The highest BCUT2D eigenvalue weighted by Crippen LogP contribution is 2.06. The van der Waals surface area contributed by atoms with Crippen LogP contribution < -0.4 is 10.0 Å². The van der Waals surface area contributed by atoms with Crippen LogP contribution in [0.5, 0.6) is 0 Å². The van der Waals surface area contributed by atoms with Gasteiger partial charge in [-0.15, -0.1) is 0 Å². The predicted octanol–water partition coefficient (Wildman–Crippen LogP) is -0.148. The van der Waals surface area contributed by atoms with Crippen LogP contribution in [0.3, 0.4) is 0 Å². The molecule has 0 aromatic heterocycles. The number of aliphatic hydroxyl groups excluding tert-OH is 1. The number of carbonyl (C=O) groups is 1. The Morgan fingerprint density at radius 1 is 1.32 bits per heavy atom. The maximum Gasteiger partial charge on any atom is 0.241 e. The van der Waals surface area contributed by atoms with Crippen LogP contribution in [0.4, 0.5) is 0 Å². The van der Waals surface area contributed by atoms with Gasteiger partial charge in [0.05, 0.1) is 24.1 Å². The zero-order valence-electron chi connectivity index (χ0n) is 10.7. The maximum absolute atomic E-state index is 11.8. The monoisotopic (exact) mass is 286 g/mol. The Kier molecular flexibility index (Phi) is 5.94. The molecule has 0 saturated carbocycles. The Labute approximate surface area is 112 Å². The number of nitrogens with one attached hydrogen (secondary N) is 2. The fourth-order valence-electron chi connectivity index (χ4n) is 1.40. The number of rotatable bonds is 7. The van der Waals surface area contributed by atoms with Gasteiger partial charge in [0.1, 0.15) is 0 Å². The lowest BCUT2D eigenvalue weighted by atomic mass is 10.2. The second-order valence-corrected chi connectivity index (χ2v) is 5.76. The highest BCUT2D eigenvalue weighted by atomic mass is 32.2. The number of benzene rings is 1. The first kappa shape index (κ1) is 15.6. The normalized spacial score (nSPS) is 12.9. The van der Waals surface area contributed by atoms with Crippen molar-refractivity contribution >= 4 is 15.9 Å². The average Bonchev–Trinajstić information content (AvgIpc) is 2.43. The fraction of sp³-hybridized carbons (Fsp3) is 0.417. The van der Waals surface area contributed by atoms with E-state index < -0.39 is 15.9 Å². The molecule has 0 heterocycles. The maximum atomic E-state index is 11.8. The van der Waals surface area contributed by atoms with Crippen molar-refractivity contribution in [3.8, 4) is 0 Å². The van der Waals surface area contributed by atoms with E-state index in [9.17, 15) is 13.2 Å². The molecule has 0 aliphatic rings. The number of sulfonamides is 1. The quantitative estimate of drug-likeness (QED) is 0.649. The van der Waals surface area contributed by atoms with E-state index in [0.29, 0.717) is 6.42 Å². The Hall–Kier alpha value is -1.44. The Balaban J connectivity index is 2.55. The summed E-state index contributed by atoms with van der Waals surface area (Å²) in [5, 5.41) is 11.5. The minimum Gasteiger partial charge on any atom is -0.394 e. The fourth-order valence-corrected chi connectivity index (χ4v) is 2.40. The molecule has 0 fully saturated rings. The summed E-state index contributed by atoms with van der Waals surface area (Å²) in [5.74, 6) is -0.472. The molecule has 1 amide bonds. The molecule has 0 unspecified atom stereocenters. The number of amides is 1. The van der Waals surface area contributed by atoms with Crippen LogP contribution in [-0.2, 0) is 14.8 Å². The number of hydrogen-bond donors (Lipinski definition) is 3. The topological polar surface area (TPSA) is 95.5 Å². The van der Waals surface area contributed by atoms with Gasteiger partial charge in [-0.3, -0.25) is 4.79 Å². The minimum absolute atomic E-state index is 0.108. The smallest absolute Gasteiger partial charge is 0.241 e. The molecule has 0 spiro atoms. The molecule has 1 aromatic rings. The lowest BCUT2D eigenvalue weighted by molar-refractivity contribution is -0.121. The standard InChI is InChI=1S/C12H18N2O4S/c1-2-10(9-15)14-12(16)8-13-19(17,18)11-6-4-3-5-7-11/h3-7,10,13,15H,2,8-9H2,1H3,(H,14,16)/t10-/m1/s1. The van der Waals surface area contributed by atoms with E-state index in [1.165, 1.54) is 12.1 Å². The summed E-state index contributed by atoms with van der Waals surface area (Å²) in [6.45, 7) is 1.29. The van der Waals surface area contributed by atoms with Gasteiger partial charge in [0.2, 0.25) is 15.9 Å². The summed E-state index contributed by atoms with van der Waals surface area (Å²) in [4.78, 5) is 11.6. The van der Waals surface area contributed by atoms with E-state index >= 15 is 0 Å². The van der Waals surface area contributed by atoms with Crippen molar-refractivity contribution in [2.24, 2.45) is 0 Å². The summed E-state index contributed by atoms with van der Waals surface area (Å²) in [6.07, 6.45) is 0.577. The molecule has 0 aliphatic heterocycles. The third-order valence-electron chi connectivity index (χ3n) is 2.55. The molecule has 1 atom stereocenters. The molecule has 1 rings (SSSR count). The van der Waals surface area contributed by atoms with Crippen molar-refractivity contribution < 1.29 is 18.3 Å². The van der Waals surface area contributed by atoms with Crippen LogP contribution in [0.25, 0.3) is 0 Å². The molecule has 1 aromatic carbocycles. The van der Waals surface area contributed by atoms with Gasteiger partial charge in [0.15, 0.2) is 0 Å². The van der Waals surface area contributed by atoms with E-state index in [2.05, 4.69) is 10.0 Å². The molecule has 0 aliphatic carbocycles. The summed E-state index contributed by atoms with van der Waals surface area (Å²) < 4.78 is 25.8. The molecule has 3 N–H and O–H groups in total. The van der Waals surface area contributed by atoms with Crippen LogP contribution in [0.15, 0.2) is 35.2 Å². The third kappa shape index (κ3) is 4.98. The molecule has 0 radical (unpaired) electrons. The van der Waals surface area contributed by atoms with Crippen molar-refractivity contribution in [1.82, 2.24) is 10.0 Å². The molecule has 0 saturated heterocycles. The summed E-state index contributed by atoms with van der Waals surface area (Å²) in [7, 11) is -3.68. The third-order valence-corrected chi connectivity index (χ3v) is 3.97. The predicted molar refractivity (Wildman–Crippen MR) is 70.9 cm³/mol. The second kappa shape index (κ2) is 7.22. The highest BCUT2D eigenvalue weighted by Gasteiger charge is 2.16. The van der Waals surface area contributed by atoms with Crippen LogP contribution >= 0.6 is 0 Å². The summed E-state index contributed by atoms with van der Waals surface area (Å²) in [6, 6.07) is 7.46. The van der Waals surface area contributed by atoms with Gasteiger partial charge >= 0.3 is 0 Å². The number of hydrogen-bond acceptors (Lipinski definition) is 4. The lowest BCUT2D eigenvalue weighted by Gasteiger charge is -2.14. The molecule has 19 heavy (non-hydrogen) atoms. The lowest BCUT2D eigenvalue weighted by Crippen LogP contribution is -2.43. The summed E-state index contributed by atoms with van der Waals surface area (Å²) >= 11 is 0. The van der Waals surface area contributed by atoms with E-state index in [4.69, 9.17) is 5.11 Å². The highest BCUT2D eigenvalue weighted by molar-refractivity contribution is 7.89. The molecular weight excluding hydrogens is 268 g/mol. The number of carbonyl (C=O) groups excluding carboxylic acids is 1. The van der Waals surface area contributed by atoms with Crippen LogP contribution in [0, 0.1) is 0 Å². The zero-order valence-corrected chi connectivity index (χ0v) is 11.5. The van der Waals surface area contributed by atoms with Gasteiger partial charge in [0, 0.05) is 0 Å². The van der Waals surface area contributed by atoms with E-state index in [1.807, 2.05) is 6.92 Å². The first-order valence-corrected chi connectivity index (χ1v) is 7.43. The molecule has 106 valence electrons. The van der Waals surface area contributed by atoms with E-state index in [-0.39, 0.29) is 24.1 Å². The molecule has 0 bridgehead atoms. The van der Waals surface area contributed by atoms with Gasteiger partial charge in [-0.2, -0.15) is 0 Å². The number of aliphatic hydroxyl groups is 1. The van der Waals surface area contributed by atoms with Crippen molar-refractivity contribution in [1.29, 1.82) is 0 Å². The second-order valence-electron chi connectivity index (χ2n) is 3.99. The first-order chi connectivity index (χ1) is 8.99. The molecule has 7 heteroatoms. The van der Waals surface area contributed by atoms with Crippen molar-refractivity contribution in [3.05, 3.63) is 30.3 Å². The Morgan fingerprint density at radius 3 is 2.47 bits per heavy atom. The van der Waals surface area contributed by atoms with Crippen molar-refractivity contribution in [3.63, 3.8) is 0 Å². The van der Waals surface area contributed by atoms with Crippen LogP contribution in [0.2, 0.25) is 0 Å². The van der Waals surface area contributed by atoms with E-state index in [0.717, 1.165) is 0 Å². The SMILES string of the molecule is CC[C@H](CO)NC(=O)CNS(=O)(=O)c1ccccc1. The zero-order chi connectivity index (χ0) is 14.3. The Bertz CT molecular complexity index is 498. The van der Waals surface area contributed by atoms with Crippen LogP contribution in [0.1, 0.15) is 13.3 Å². The molecule has 6 nitrogen and oxygen atoms in total. The van der Waals surface area contributed by atoms with Gasteiger partial charge in [-0.1, -0.05) is 25.1 Å². The van der Waals surface area contributed by atoms with Crippen molar-refractivity contribution in [2.45, 2.75) is 24.3 Å². The first-order valence-electron chi connectivity index (χ1n) is 5.94. The molecular formula is C12H18N2O4S. The van der Waals surface area contributed by atoms with Gasteiger partial charge in [-0.25, -0.2) is 13.1 Å². The van der Waals surface area contributed by atoms with Gasteiger partial charge in [0.25, 0.3) is 0 Å². The summed E-state index contributed by atoms with van der Waals surface area (Å²) in [5.41, 5.74) is 0.